The Bertz CT molecular complexity index is 439. The van der Waals surface area contributed by atoms with Crippen LogP contribution in [0.4, 0.5) is 8.78 Å². The summed E-state index contributed by atoms with van der Waals surface area (Å²) in [7, 11) is 0. The molecule has 4 nitrogen and oxygen atoms in total. The van der Waals surface area contributed by atoms with Crippen molar-refractivity contribution < 1.29 is 18.3 Å². The zero-order chi connectivity index (χ0) is 14.3. The molecule has 0 saturated heterocycles. The average molecular weight is 307 g/mol. The van der Waals surface area contributed by atoms with Gasteiger partial charge in [-0.15, -0.1) is 12.4 Å². The Kier molecular flexibility index (Phi) is 7.79. The molecule has 0 aromatic heterocycles. The van der Waals surface area contributed by atoms with Crippen molar-refractivity contribution in [3.63, 3.8) is 0 Å². The fourth-order valence-electron chi connectivity index (χ4n) is 1.24. The van der Waals surface area contributed by atoms with E-state index >= 15 is 0 Å². The maximum atomic E-state index is 12.9. The third-order valence-corrected chi connectivity index (χ3v) is 2.29. The third kappa shape index (κ3) is 5.99. The molecule has 0 fully saturated rings. The monoisotopic (exact) mass is 306 g/mol. The fraction of sp³-hybridized carbons (Fsp3) is 0.308. The Labute approximate surface area is 122 Å². The molecule has 0 atom stereocenters. The van der Waals surface area contributed by atoms with Crippen LogP contribution in [-0.2, 0) is 0 Å². The molecular weight excluding hydrogens is 290 g/mol. The van der Waals surface area contributed by atoms with Gasteiger partial charge in [-0.25, -0.2) is 8.78 Å². The number of amides is 1. The zero-order valence-corrected chi connectivity index (χ0v) is 11.6. The van der Waals surface area contributed by atoms with E-state index in [9.17, 15) is 13.6 Å². The minimum absolute atomic E-state index is 0. The number of nitrogens with one attached hydrogen (secondary N) is 1. The normalized spacial score (nSPS) is 10.3. The molecule has 20 heavy (non-hydrogen) atoms. The van der Waals surface area contributed by atoms with E-state index in [1.54, 1.807) is 18.2 Å². The molecule has 0 saturated carbocycles. The highest BCUT2D eigenvalue weighted by molar-refractivity contribution is 5.94. The summed E-state index contributed by atoms with van der Waals surface area (Å²) >= 11 is 0. The SMILES string of the molecule is C=CCOc1ccc(C(=O)NCC(F)(F)CN)cc1.Cl. The van der Waals surface area contributed by atoms with E-state index < -0.39 is 24.9 Å². The maximum absolute atomic E-state index is 12.9. The van der Waals surface area contributed by atoms with Crippen molar-refractivity contribution in [1.29, 1.82) is 0 Å². The van der Waals surface area contributed by atoms with Crippen LogP contribution in [0.3, 0.4) is 0 Å². The molecule has 0 radical (unpaired) electrons. The molecule has 0 aliphatic carbocycles. The van der Waals surface area contributed by atoms with Gasteiger partial charge in [0.25, 0.3) is 11.8 Å². The quantitative estimate of drug-likeness (QED) is 0.757. The molecule has 0 unspecified atom stereocenters. The van der Waals surface area contributed by atoms with Crippen LogP contribution in [0.2, 0.25) is 0 Å². The first-order valence-corrected chi connectivity index (χ1v) is 5.68. The number of nitrogens with two attached hydrogens (primary N) is 1. The van der Waals surface area contributed by atoms with E-state index in [1.165, 1.54) is 12.1 Å². The largest absolute Gasteiger partial charge is 0.490 e. The second kappa shape index (κ2) is 8.50. The second-order valence-electron chi connectivity index (χ2n) is 3.87. The van der Waals surface area contributed by atoms with Gasteiger partial charge in [0, 0.05) is 5.56 Å². The van der Waals surface area contributed by atoms with Crippen molar-refractivity contribution in [2.45, 2.75) is 5.92 Å². The van der Waals surface area contributed by atoms with E-state index in [4.69, 9.17) is 10.5 Å². The Morgan fingerprint density at radius 2 is 2.00 bits per heavy atom. The molecule has 0 spiro atoms. The summed E-state index contributed by atoms with van der Waals surface area (Å²) in [5, 5.41) is 2.13. The van der Waals surface area contributed by atoms with Crippen molar-refractivity contribution in [3.05, 3.63) is 42.5 Å². The standard InChI is InChI=1S/C13H16F2N2O2.ClH/c1-2-7-19-11-5-3-10(4-6-11)12(18)17-9-13(14,15)8-16;/h2-6H,1,7-9,16H2,(H,17,18);1H. The number of carbonyl (C=O) groups is 1. The summed E-state index contributed by atoms with van der Waals surface area (Å²) < 4.78 is 31.0. The molecule has 1 aromatic rings. The van der Waals surface area contributed by atoms with Gasteiger partial charge >= 0.3 is 0 Å². The maximum Gasteiger partial charge on any atom is 0.277 e. The summed E-state index contributed by atoms with van der Waals surface area (Å²) in [6.45, 7) is 2.28. The van der Waals surface area contributed by atoms with Crippen molar-refractivity contribution in [1.82, 2.24) is 5.32 Å². The predicted octanol–water partition coefficient (Wildman–Crippen LogP) is 2.00. The van der Waals surface area contributed by atoms with Gasteiger partial charge in [0.2, 0.25) is 0 Å². The Hall–Kier alpha value is -1.66. The van der Waals surface area contributed by atoms with E-state index in [0.717, 1.165) is 0 Å². The van der Waals surface area contributed by atoms with Crippen LogP contribution in [-0.4, -0.2) is 31.5 Å². The lowest BCUT2D eigenvalue weighted by Gasteiger charge is -2.14. The summed E-state index contributed by atoms with van der Waals surface area (Å²) in [6.07, 6.45) is 1.59. The van der Waals surface area contributed by atoms with Gasteiger partial charge in [0.05, 0.1) is 13.1 Å². The highest BCUT2D eigenvalue weighted by Gasteiger charge is 2.27. The minimum Gasteiger partial charge on any atom is -0.490 e. The van der Waals surface area contributed by atoms with Gasteiger partial charge in [0.1, 0.15) is 12.4 Å². The van der Waals surface area contributed by atoms with Gasteiger partial charge in [-0.1, -0.05) is 12.7 Å². The molecule has 0 bridgehead atoms. The van der Waals surface area contributed by atoms with Crippen molar-refractivity contribution in [2.24, 2.45) is 5.73 Å². The molecule has 0 aliphatic rings. The number of alkyl halides is 2. The highest BCUT2D eigenvalue weighted by atomic mass is 35.5. The minimum atomic E-state index is -3.09. The summed E-state index contributed by atoms with van der Waals surface area (Å²) in [5.41, 5.74) is 5.15. The topological polar surface area (TPSA) is 64.3 Å². The van der Waals surface area contributed by atoms with Crippen molar-refractivity contribution in [3.8, 4) is 5.75 Å². The smallest absolute Gasteiger partial charge is 0.277 e. The van der Waals surface area contributed by atoms with Crippen molar-refractivity contribution >= 4 is 18.3 Å². The van der Waals surface area contributed by atoms with Crippen LogP contribution in [0.5, 0.6) is 5.75 Å². The van der Waals surface area contributed by atoms with E-state index in [1.807, 2.05) is 0 Å². The van der Waals surface area contributed by atoms with Crippen LogP contribution in [0.15, 0.2) is 36.9 Å². The predicted molar refractivity (Wildman–Crippen MR) is 75.7 cm³/mol. The van der Waals surface area contributed by atoms with Gasteiger partial charge in [-0.05, 0) is 24.3 Å². The van der Waals surface area contributed by atoms with Gasteiger partial charge in [0.15, 0.2) is 0 Å². The number of hydrogen-bond acceptors (Lipinski definition) is 3. The van der Waals surface area contributed by atoms with Gasteiger partial charge < -0.3 is 15.8 Å². The third-order valence-electron chi connectivity index (χ3n) is 2.29. The summed E-state index contributed by atoms with van der Waals surface area (Å²) in [5.74, 6) is -3.10. The van der Waals surface area contributed by atoms with Gasteiger partial charge in [-0.3, -0.25) is 4.79 Å². The number of carbonyl (C=O) groups excluding carboxylic acids is 1. The number of hydrogen-bond donors (Lipinski definition) is 2. The van der Waals surface area contributed by atoms with Crippen LogP contribution in [0.1, 0.15) is 10.4 Å². The Balaban J connectivity index is 0.00000361. The van der Waals surface area contributed by atoms with E-state index in [2.05, 4.69) is 11.9 Å². The molecule has 112 valence electrons. The van der Waals surface area contributed by atoms with Crippen LogP contribution < -0.4 is 15.8 Å². The lowest BCUT2D eigenvalue weighted by Crippen LogP contribution is -2.41. The molecule has 1 amide bonds. The number of rotatable bonds is 7. The van der Waals surface area contributed by atoms with Crippen LogP contribution >= 0.6 is 12.4 Å². The molecule has 3 N–H and O–H groups in total. The number of halogens is 3. The summed E-state index contributed by atoms with van der Waals surface area (Å²) in [6, 6.07) is 6.15. The lowest BCUT2D eigenvalue weighted by atomic mass is 10.2. The van der Waals surface area contributed by atoms with Gasteiger partial charge in [-0.2, -0.15) is 0 Å². The average Bonchev–Trinajstić information content (AvgIpc) is 2.43. The fourth-order valence-corrected chi connectivity index (χ4v) is 1.24. The van der Waals surface area contributed by atoms with E-state index in [0.29, 0.717) is 12.4 Å². The van der Waals surface area contributed by atoms with Crippen LogP contribution in [0, 0.1) is 0 Å². The number of ether oxygens (including phenoxy) is 1. The highest BCUT2D eigenvalue weighted by Crippen LogP contribution is 2.13. The second-order valence-corrected chi connectivity index (χ2v) is 3.87. The van der Waals surface area contributed by atoms with Crippen molar-refractivity contribution in [2.75, 3.05) is 19.7 Å². The Morgan fingerprint density at radius 1 is 1.40 bits per heavy atom. The molecule has 0 heterocycles. The first-order chi connectivity index (χ1) is 8.98. The van der Waals surface area contributed by atoms with Crippen LogP contribution in [0.25, 0.3) is 0 Å². The first kappa shape index (κ1) is 18.3. The first-order valence-electron chi connectivity index (χ1n) is 5.68. The molecule has 1 aromatic carbocycles. The molecule has 0 aliphatic heterocycles. The Morgan fingerprint density at radius 3 is 2.50 bits per heavy atom. The van der Waals surface area contributed by atoms with E-state index in [-0.39, 0.29) is 18.0 Å². The lowest BCUT2D eigenvalue weighted by molar-refractivity contribution is 0.0118. The zero-order valence-electron chi connectivity index (χ0n) is 10.8. The number of benzene rings is 1. The molecule has 7 heteroatoms. The molecular formula is C13H17ClF2N2O2. The summed E-state index contributed by atoms with van der Waals surface area (Å²) in [4.78, 5) is 11.6. The molecule has 1 rings (SSSR count).